The largest absolute Gasteiger partial charge is 0.310 e. The van der Waals surface area contributed by atoms with Crippen LogP contribution in [0.4, 0.5) is 17.1 Å². The fraction of sp³-hybridized carbons (Fsp3) is 0.0233. The number of aromatic nitrogens is 2. The molecule has 0 spiro atoms. The maximum atomic E-state index is 2.55. The molecule has 2 aromatic heterocycles. The summed E-state index contributed by atoms with van der Waals surface area (Å²) in [5, 5.41) is 15.5. The molecule has 0 aliphatic heterocycles. The van der Waals surface area contributed by atoms with Gasteiger partial charge in [-0.3, -0.25) is 0 Å². The van der Waals surface area contributed by atoms with Crippen molar-refractivity contribution in [1.82, 2.24) is 9.13 Å². The van der Waals surface area contributed by atoms with Crippen molar-refractivity contribution in [1.29, 1.82) is 0 Å². The molecule has 0 aliphatic rings. The van der Waals surface area contributed by atoms with Gasteiger partial charge in [0, 0.05) is 50.0 Å². The monoisotopic (exact) mass is 1200 g/mol. The fourth-order valence-electron chi connectivity index (χ4n) is 14.7. The van der Waals surface area contributed by atoms with E-state index < -0.39 is 16.1 Å². The minimum atomic E-state index is -2.92. The lowest BCUT2D eigenvalue weighted by molar-refractivity contribution is 1.17. The highest BCUT2D eigenvalue weighted by atomic mass is 28.3. The van der Waals surface area contributed by atoms with E-state index in [2.05, 4.69) is 386 Å². The van der Waals surface area contributed by atoms with Crippen LogP contribution >= 0.6 is 0 Å². The fourth-order valence-corrected chi connectivity index (χ4v) is 24.3. The molecule has 5 heteroatoms. The smallest absolute Gasteiger partial charge is 0.179 e. The minimum Gasteiger partial charge on any atom is -0.310 e. The lowest BCUT2D eigenvalue weighted by Crippen LogP contribution is -2.74. The number of benzene rings is 14. The first-order valence-electron chi connectivity index (χ1n) is 31.6. The van der Waals surface area contributed by atoms with Crippen LogP contribution < -0.4 is 46.4 Å². The highest BCUT2D eigenvalue weighted by Gasteiger charge is 2.43. The van der Waals surface area contributed by atoms with Crippen molar-refractivity contribution < 1.29 is 0 Å². The van der Waals surface area contributed by atoms with Gasteiger partial charge in [-0.1, -0.05) is 284 Å². The predicted molar refractivity (Wildman–Crippen MR) is 392 cm³/mol. The second-order valence-electron chi connectivity index (χ2n) is 24.2. The second kappa shape index (κ2) is 23.1. The van der Waals surface area contributed by atoms with Crippen molar-refractivity contribution in [3.05, 3.63) is 369 Å². The molecule has 432 valence electrons. The average Bonchev–Trinajstić information content (AvgIpc) is 1.69. The van der Waals surface area contributed by atoms with Crippen molar-refractivity contribution in [2.75, 3.05) is 4.90 Å². The summed E-state index contributed by atoms with van der Waals surface area (Å²) in [7, 11) is -5.85. The SMILES string of the molecule is Cc1ccc(-n2c3ccc(N(c4ccc(-c5ccccc5)cc4)c4ccc5c(c4)c4cc([Si](c6ccccc6)(c6ccccc6)c6ccccc6)ccc4n5-c4ccc(C)cc4)cc3c3cc([Si](c4ccccc4)(c4ccccc4)c4ccccc4)ccc32)cc1. The third-order valence-corrected chi connectivity index (χ3v) is 28.5. The molecule has 0 radical (unpaired) electrons. The van der Waals surface area contributed by atoms with Gasteiger partial charge >= 0.3 is 0 Å². The number of hydrogen-bond donors (Lipinski definition) is 0. The van der Waals surface area contributed by atoms with Crippen molar-refractivity contribution in [3.63, 3.8) is 0 Å². The number of nitrogens with zero attached hydrogens (tertiary/aromatic N) is 3. The Morgan fingerprint density at radius 1 is 0.220 bits per heavy atom. The quantitative estimate of drug-likeness (QED) is 0.0781. The van der Waals surface area contributed by atoms with Gasteiger partial charge in [-0.2, -0.15) is 0 Å². The van der Waals surface area contributed by atoms with Crippen LogP contribution in [0.25, 0.3) is 66.1 Å². The highest BCUT2D eigenvalue weighted by molar-refractivity contribution is 7.20. The van der Waals surface area contributed by atoms with E-state index in [0.717, 1.165) is 50.5 Å². The normalized spacial score (nSPS) is 11.8. The van der Waals surface area contributed by atoms with E-state index in [1.165, 1.54) is 85.3 Å². The summed E-state index contributed by atoms with van der Waals surface area (Å²) in [6.45, 7) is 4.34. The molecule has 3 nitrogen and oxygen atoms in total. The molecule has 14 aromatic carbocycles. The molecule has 16 rings (SSSR count). The molecule has 0 N–H and O–H groups in total. The first-order chi connectivity index (χ1) is 44.9. The molecule has 2 heterocycles. The Hall–Kier alpha value is -11.1. The molecular weight excluding hydrogens is 1130 g/mol. The molecule has 0 atom stereocenters. The van der Waals surface area contributed by atoms with E-state index in [1.54, 1.807) is 0 Å². The van der Waals surface area contributed by atoms with Crippen LogP contribution in [0.1, 0.15) is 11.1 Å². The molecule has 0 bridgehead atoms. The van der Waals surface area contributed by atoms with Gasteiger partial charge in [-0.15, -0.1) is 0 Å². The van der Waals surface area contributed by atoms with Crippen LogP contribution in [0.3, 0.4) is 0 Å². The maximum absolute atomic E-state index is 2.92. The molecule has 0 amide bonds. The molecule has 91 heavy (non-hydrogen) atoms. The van der Waals surface area contributed by atoms with E-state index in [4.69, 9.17) is 0 Å². The lowest BCUT2D eigenvalue weighted by atomic mass is 10.0. The predicted octanol–water partition coefficient (Wildman–Crippen LogP) is 16.4. The zero-order valence-corrected chi connectivity index (χ0v) is 52.9. The molecule has 0 aliphatic carbocycles. The topological polar surface area (TPSA) is 13.1 Å². The first-order valence-corrected chi connectivity index (χ1v) is 35.6. The zero-order valence-electron chi connectivity index (χ0n) is 50.9. The number of hydrogen-bond acceptors (Lipinski definition) is 1. The molecule has 0 fully saturated rings. The molecule has 16 aromatic rings. The highest BCUT2D eigenvalue weighted by Crippen LogP contribution is 2.43. The second-order valence-corrected chi connectivity index (χ2v) is 31.8. The van der Waals surface area contributed by atoms with E-state index in [9.17, 15) is 0 Å². The summed E-state index contributed by atoms with van der Waals surface area (Å²) in [5.41, 5.74) is 14.9. The first kappa shape index (κ1) is 55.2. The number of anilines is 3. The van der Waals surface area contributed by atoms with Gasteiger partial charge in [0.15, 0.2) is 16.1 Å². The Morgan fingerprint density at radius 3 is 0.802 bits per heavy atom. The van der Waals surface area contributed by atoms with Crippen molar-refractivity contribution >= 4 is 118 Å². The van der Waals surface area contributed by atoms with Gasteiger partial charge in [0.1, 0.15) is 0 Å². The Labute approximate surface area is 534 Å². The van der Waals surface area contributed by atoms with Gasteiger partial charge in [0.25, 0.3) is 0 Å². The van der Waals surface area contributed by atoms with E-state index >= 15 is 0 Å². The van der Waals surface area contributed by atoms with Crippen LogP contribution in [0.2, 0.25) is 0 Å². The van der Waals surface area contributed by atoms with Crippen LogP contribution in [0, 0.1) is 13.8 Å². The summed E-state index contributed by atoms with van der Waals surface area (Å²) >= 11 is 0. The zero-order chi connectivity index (χ0) is 60.9. The van der Waals surface area contributed by atoms with Crippen LogP contribution in [-0.4, -0.2) is 25.3 Å². The molecule has 0 saturated heterocycles. The lowest BCUT2D eigenvalue weighted by Gasteiger charge is -2.34. The third kappa shape index (κ3) is 9.39. The van der Waals surface area contributed by atoms with Gasteiger partial charge in [-0.05, 0) is 151 Å². The summed E-state index contributed by atoms with van der Waals surface area (Å²) in [4.78, 5) is 2.49. The van der Waals surface area contributed by atoms with Gasteiger partial charge in [0.05, 0.1) is 22.1 Å². The molecular formula is C86H65N3Si2. The van der Waals surface area contributed by atoms with Crippen molar-refractivity contribution in [2.24, 2.45) is 0 Å². The summed E-state index contributed by atoms with van der Waals surface area (Å²) in [6.07, 6.45) is 0. The number of fused-ring (bicyclic) bond motifs is 6. The molecule has 0 saturated carbocycles. The van der Waals surface area contributed by atoms with Crippen LogP contribution in [0.15, 0.2) is 358 Å². The van der Waals surface area contributed by atoms with Crippen LogP contribution in [0.5, 0.6) is 0 Å². The minimum absolute atomic E-state index is 1.07. The summed E-state index contributed by atoms with van der Waals surface area (Å²) < 4.78 is 4.95. The molecule has 0 unspecified atom stereocenters. The van der Waals surface area contributed by atoms with Gasteiger partial charge in [-0.25, -0.2) is 0 Å². The van der Waals surface area contributed by atoms with Crippen LogP contribution in [-0.2, 0) is 0 Å². The van der Waals surface area contributed by atoms with Crippen molar-refractivity contribution in [2.45, 2.75) is 13.8 Å². The average molecular weight is 1200 g/mol. The number of aryl methyl sites for hydroxylation is 2. The Morgan fingerprint density at radius 2 is 0.484 bits per heavy atom. The third-order valence-electron chi connectivity index (χ3n) is 18.9. The number of rotatable bonds is 14. The van der Waals surface area contributed by atoms with Gasteiger partial charge in [0.2, 0.25) is 0 Å². The van der Waals surface area contributed by atoms with E-state index in [-0.39, 0.29) is 0 Å². The Kier molecular flexibility index (Phi) is 14.0. The van der Waals surface area contributed by atoms with E-state index in [0.29, 0.717) is 0 Å². The van der Waals surface area contributed by atoms with Gasteiger partial charge < -0.3 is 14.0 Å². The Bertz CT molecular complexity index is 4760. The van der Waals surface area contributed by atoms with E-state index in [1.807, 2.05) is 0 Å². The Balaban J connectivity index is 0.969. The summed E-state index contributed by atoms with van der Waals surface area (Å²) in [6, 6.07) is 135. The van der Waals surface area contributed by atoms with Crippen molar-refractivity contribution in [3.8, 4) is 22.5 Å². The standard InChI is InChI=1S/C86H65N3Si2/c1-62-38-44-67(45-39-62)88-83-54-50-69(58-79(83)81-60-77(52-56-85(81)88)90(71-26-12-4-13-27-71,72-28-14-5-15-29-72)73-30-16-6-17-31-73)87(66-48-42-65(43-49-66)64-24-10-3-11-25-64)70-51-55-84-80(59-70)82-61-78(53-57-86(82)89(84)68-46-40-63(2)41-47-68)91(74-32-18-7-19-33-74,75-34-20-8-21-35-75)76-36-22-9-23-37-76/h3-61H,1-2H3. The summed E-state index contributed by atoms with van der Waals surface area (Å²) in [5.74, 6) is 0. The maximum Gasteiger partial charge on any atom is 0.179 e.